The van der Waals surface area contributed by atoms with Crippen molar-refractivity contribution >= 4 is 51.3 Å². The van der Waals surface area contributed by atoms with Gasteiger partial charge in [-0.3, -0.25) is 9.59 Å². The molecule has 1 aromatic carbocycles. The molecule has 2 rings (SSSR count). The van der Waals surface area contributed by atoms with Crippen LogP contribution in [0, 0.1) is 0 Å². The van der Waals surface area contributed by atoms with Crippen LogP contribution < -0.4 is 0 Å². The molecule has 1 N–H and O–H groups in total. The minimum Gasteiger partial charge on any atom is -0.479 e. The largest absolute Gasteiger partial charge is 0.479 e. The zero-order chi connectivity index (χ0) is 18.6. The Hall–Kier alpha value is -1.78. The minimum atomic E-state index is -1.78. The quantitative estimate of drug-likeness (QED) is 0.163. The molecule has 10 heteroatoms. The van der Waals surface area contributed by atoms with Gasteiger partial charge in [-0.25, -0.2) is 4.79 Å². The van der Waals surface area contributed by atoms with Crippen LogP contribution in [0.25, 0.3) is 10.4 Å². The number of thioether (sulfide) groups is 1. The number of carboxylic acids is 1. The molecule has 1 aliphatic rings. The van der Waals surface area contributed by atoms with Crippen molar-refractivity contribution in [2.45, 2.75) is 30.3 Å². The Morgan fingerprint density at radius 1 is 1.44 bits per heavy atom. The van der Waals surface area contributed by atoms with E-state index in [0.717, 1.165) is 0 Å². The third kappa shape index (κ3) is 3.75. The highest BCUT2D eigenvalue weighted by Crippen LogP contribution is 2.42. The van der Waals surface area contributed by atoms with Crippen molar-refractivity contribution in [2.24, 2.45) is 5.11 Å². The van der Waals surface area contributed by atoms with Crippen LogP contribution in [0.1, 0.15) is 12.5 Å². The van der Waals surface area contributed by atoms with E-state index >= 15 is 0 Å². The van der Waals surface area contributed by atoms with Gasteiger partial charge in [0.2, 0.25) is 5.91 Å². The Labute approximate surface area is 161 Å². The molecule has 8 nitrogen and oxygen atoms in total. The van der Waals surface area contributed by atoms with Crippen molar-refractivity contribution in [3.8, 4) is 0 Å². The highest BCUT2D eigenvalue weighted by molar-refractivity contribution is 14.1. The van der Waals surface area contributed by atoms with Gasteiger partial charge in [-0.2, -0.15) is 0 Å². The molecule has 1 amide bonds. The van der Waals surface area contributed by atoms with Crippen LogP contribution in [0.2, 0.25) is 0 Å². The van der Waals surface area contributed by atoms with Crippen molar-refractivity contribution in [1.82, 2.24) is 4.90 Å². The first-order valence-corrected chi connectivity index (χ1v) is 9.62. The summed E-state index contributed by atoms with van der Waals surface area (Å²) in [6.07, 6.45) is -0.0325. The van der Waals surface area contributed by atoms with Gasteiger partial charge in [-0.15, -0.1) is 0 Å². The lowest BCUT2D eigenvalue weighted by molar-refractivity contribution is -0.165. The molecule has 25 heavy (non-hydrogen) atoms. The van der Waals surface area contributed by atoms with Crippen LogP contribution in [-0.2, 0) is 20.8 Å². The molecule has 1 saturated heterocycles. The van der Waals surface area contributed by atoms with Gasteiger partial charge in [0.05, 0.1) is 6.04 Å². The molecule has 132 valence electrons. The fourth-order valence-electron chi connectivity index (χ4n) is 2.81. The number of carbonyl (C=O) groups excluding carboxylic acids is 2. The molecule has 1 fully saturated rings. The summed E-state index contributed by atoms with van der Waals surface area (Å²) in [5, 5.41) is 13.0. The predicted octanol–water partition coefficient (Wildman–Crippen LogP) is 2.61. The van der Waals surface area contributed by atoms with Gasteiger partial charge < -0.3 is 10.0 Å². The van der Waals surface area contributed by atoms with E-state index in [0.29, 0.717) is 21.8 Å². The second-order valence-corrected chi connectivity index (χ2v) is 7.76. The Bertz CT molecular complexity index is 740. The van der Waals surface area contributed by atoms with Crippen molar-refractivity contribution in [3.63, 3.8) is 0 Å². The van der Waals surface area contributed by atoms with Gasteiger partial charge in [0.1, 0.15) is 6.04 Å². The monoisotopic (exact) mass is 474 g/mol. The highest BCUT2D eigenvalue weighted by atomic mass is 127. The van der Waals surface area contributed by atoms with E-state index in [1.807, 2.05) is 22.6 Å². The molecule has 0 bridgehead atoms. The van der Waals surface area contributed by atoms with Crippen LogP contribution in [0.15, 0.2) is 35.4 Å². The highest BCUT2D eigenvalue weighted by Gasteiger charge is 2.60. The Balaban J connectivity index is 2.50. The molecular weight excluding hydrogens is 459 g/mol. The standard InChI is InChI=1S/C15H15IN4O4S/c1-9(21)25-15(14(23)24,7-10-5-3-2-4-6-10)20-11(8-16)12(13(20)22)18-19-17/h2-6,11-12H,7-8H2,1H3,(H,23,24). The fourth-order valence-corrected chi connectivity index (χ4v) is 4.81. The van der Waals surface area contributed by atoms with Crippen molar-refractivity contribution < 1.29 is 19.5 Å². The average Bonchev–Trinajstić information content (AvgIpc) is 2.56. The summed E-state index contributed by atoms with van der Waals surface area (Å²) in [5.74, 6) is -1.86. The first-order valence-electron chi connectivity index (χ1n) is 7.27. The number of hydrogen-bond donors (Lipinski definition) is 1. The molecule has 0 spiro atoms. The van der Waals surface area contributed by atoms with E-state index < -0.39 is 33.9 Å². The molecule has 3 atom stereocenters. The molecule has 1 aliphatic heterocycles. The van der Waals surface area contributed by atoms with E-state index in [-0.39, 0.29) is 6.42 Å². The maximum atomic E-state index is 12.5. The fraction of sp³-hybridized carbons (Fsp3) is 0.400. The molecule has 0 saturated carbocycles. The van der Waals surface area contributed by atoms with Crippen molar-refractivity contribution in [1.29, 1.82) is 0 Å². The normalized spacial score (nSPS) is 21.7. The lowest BCUT2D eigenvalue weighted by Gasteiger charge is -2.52. The van der Waals surface area contributed by atoms with Crippen LogP contribution in [0.3, 0.4) is 0 Å². The van der Waals surface area contributed by atoms with E-state index in [4.69, 9.17) is 5.53 Å². The van der Waals surface area contributed by atoms with Gasteiger partial charge in [0.25, 0.3) is 0 Å². The maximum absolute atomic E-state index is 12.5. The number of hydrogen-bond acceptors (Lipinski definition) is 5. The number of carbonyl (C=O) groups is 3. The first kappa shape index (κ1) is 19.5. The second-order valence-electron chi connectivity index (χ2n) is 5.43. The Morgan fingerprint density at radius 2 is 2.08 bits per heavy atom. The predicted molar refractivity (Wildman–Crippen MR) is 101 cm³/mol. The number of rotatable bonds is 7. The number of amides is 1. The van der Waals surface area contributed by atoms with Crippen LogP contribution in [-0.4, -0.2) is 48.4 Å². The minimum absolute atomic E-state index is 0.0325. The summed E-state index contributed by atoms with van der Waals surface area (Å²) in [6.45, 7) is 1.27. The van der Waals surface area contributed by atoms with Crippen molar-refractivity contribution in [2.75, 3.05) is 4.43 Å². The number of azide groups is 1. The van der Waals surface area contributed by atoms with Gasteiger partial charge in [-0.1, -0.05) is 58.0 Å². The summed E-state index contributed by atoms with van der Waals surface area (Å²) in [7, 11) is 0. The number of nitrogens with zero attached hydrogens (tertiary/aromatic N) is 4. The Kier molecular flexibility index (Phi) is 6.31. The molecule has 0 aromatic heterocycles. The van der Waals surface area contributed by atoms with Gasteiger partial charge in [0, 0.05) is 22.7 Å². The molecule has 1 aromatic rings. The summed E-state index contributed by atoms with van der Waals surface area (Å²) in [5.41, 5.74) is 9.31. The van der Waals surface area contributed by atoms with E-state index in [9.17, 15) is 19.5 Å². The average molecular weight is 474 g/mol. The number of benzene rings is 1. The number of halogens is 1. The van der Waals surface area contributed by atoms with Crippen LogP contribution >= 0.6 is 34.4 Å². The van der Waals surface area contributed by atoms with Crippen LogP contribution in [0.4, 0.5) is 0 Å². The lowest BCUT2D eigenvalue weighted by atomic mass is 9.91. The first-order chi connectivity index (χ1) is 11.9. The Morgan fingerprint density at radius 3 is 2.56 bits per heavy atom. The molecule has 0 aliphatic carbocycles. The summed E-state index contributed by atoms with van der Waals surface area (Å²) in [4.78, 5) is 38.6. The van der Waals surface area contributed by atoms with Gasteiger partial charge >= 0.3 is 5.97 Å². The van der Waals surface area contributed by atoms with Gasteiger partial charge in [0.15, 0.2) is 9.99 Å². The van der Waals surface area contributed by atoms with E-state index in [2.05, 4.69) is 10.0 Å². The zero-order valence-electron chi connectivity index (χ0n) is 13.2. The summed E-state index contributed by atoms with van der Waals surface area (Å²) < 4.78 is 0.384. The molecule has 3 unspecified atom stereocenters. The zero-order valence-corrected chi connectivity index (χ0v) is 16.2. The second kappa shape index (κ2) is 8.07. The number of likely N-dealkylation sites (tertiary alicyclic amines) is 1. The smallest absolute Gasteiger partial charge is 0.341 e. The van der Waals surface area contributed by atoms with E-state index in [1.54, 1.807) is 30.3 Å². The number of aliphatic carboxylic acids is 1. The third-order valence-electron chi connectivity index (χ3n) is 3.84. The lowest BCUT2D eigenvalue weighted by Crippen LogP contribution is -2.74. The SMILES string of the molecule is CC(=O)SC(Cc1ccccc1)(C(=O)O)N1C(=O)C(N=[N+]=[N-])C1CI. The van der Waals surface area contributed by atoms with E-state index in [1.165, 1.54) is 11.8 Å². The summed E-state index contributed by atoms with van der Waals surface area (Å²) in [6, 6.07) is 7.29. The molecule has 1 heterocycles. The molecule has 0 radical (unpaired) electrons. The molecular formula is C15H15IN4O4S. The third-order valence-corrected chi connectivity index (χ3v) is 5.89. The topological polar surface area (TPSA) is 123 Å². The van der Waals surface area contributed by atoms with Crippen LogP contribution in [0.5, 0.6) is 0 Å². The number of β-lactam (4-membered cyclic amide) rings is 1. The number of carboxylic acid groups (broad SMARTS) is 1. The van der Waals surface area contributed by atoms with Gasteiger partial charge in [-0.05, 0) is 22.9 Å². The number of alkyl halides is 1. The summed E-state index contributed by atoms with van der Waals surface area (Å²) >= 11 is 2.61. The van der Waals surface area contributed by atoms with Crippen molar-refractivity contribution in [3.05, 3.63) is 46.3 Å². The maximum Gasteiger partial charge on any atom is 0.341 e.